The molecule has 0 amide bonds. The summed E-state index contributed by atoms with van der Waals surface area (Å²) in [5, 5.41) is 0. The Balaban J connectivity index is 2.41. The number of carbonyl (C=O) groups is 1. The minimum absolute atomic E-state index is 0.204. The lowest BCUT2D eigenvalue weighted by Crippen LogP contribution is -2.04. The van der Waals surface area contributed by atoms with Crippen LogP contribution in [0.1, 0.15) is 63.9 Å². The Labute approximate surface area is 129 Å². The first-order valence-electron chi connectivity index (χ1n) is 8.12. The zero-order valence-electron chi connectivity index (χ0n) is 13.4. The van der Waals surface area contributed by atoms with Gasteiger partial charge in [0.05, 0.1) is 7.11 Å². The van der Waals surface area contributed by atoms with Crippen LogP contribution in [-0.4, -0.2) is 13.1 Å². The second kappa shape index (κ2) is 11.1. The zero-order valence-corrected chi connectivity index (χ0v) is 13.4. The van der Waals surface area contributed by atoms with Crippen LogP contribution in [0.25, 0.3) is 6.08 Å². The number of benzene rings is 1. The average molecular weight is 288 g/mol. The summed E-state index contributed by atoms with van der Waals surface area (Å²) in [5.41, 5.74) is 1.83. The Kier molecular flexibility index (Phi) is 9.26. The molecule has 0 atom stereocenters. The lowest BCUT2D eigenvalue weighted by Gasteiger charge is -2.06. The highest BCUT2D eigenvalue weighted by Crippen LogP contribution is 2.16. The van der Waals surface area contributed by atoms with E-state index in [0.717, 1.165) is 24.0 Å². The molecule has 0 aliphatic rings. The highest BCUT2D eigenvalue weighted by Gasteiger charge is 2.09. The van der Waals surface area contributed by atoms with Gasteiger partial charge in [0, 0.05) is 5.57 Å². The van der Waals surface area contributed by atoms with Gasteiger partial charge in [-0.3, -0.25) is 0 Å². The Bertz CT molecular complexity index is 420. The van der Waals surface area contributed by atoms with Crippen LogP contribution in [-0.2, 0) is 9.53 Å². The molecule has 0 N–H and O–H groups in total. The van der Waals surface area contributed by atoms with Gasteiger partial charge in [-0.2, -0.15) is 0 Å². The van der Waals surface area contributed by atoms with Crippen molar-refractivity contribution in [3.8, 4) is 0 Å². The fourth-order valence-electron chi connectivity index (χ4n) is 2.39. The molecular formula is C19H28O2. The predicted molar refractivity (Wildman–Crippen MR) is 89.0 cm³/mol. The number of unbranched alkanes of at least 4 members (excludes halogenated alkanes) is 6. The summed E-state index contributed by atoms with van der Waals surface area (Å²) >= 11 is 0. The van der Waals surface area contributed by atoms with Crippen LogP contribution < -0.4 is 0 Å². The van der Waals surface area contributed by atoms with E-state index in [4.69, 9.17) is 4.74 Å². The Morgan fingerprint density at radius 2 is 1.62 bits per heavy atom. The quantitative estimate of drug-likeness (QED) is 0.328. The fraction of sp³-hybridized carbons (Fsp3) is 0.526. The van der Waals surface area contributed by atoms with Gasteiger partial charge < -0.3 is 4.74 Å². The van der Waals surface area contributed by atoms with E-state index >= 15 is 0 Å². The minimum atomic E-state index is -0.204. The number of hydrogen-bond donors (Lipinski definition) is 0. The molecule has 116 valence electrons. The number of carbonyl (C=O) groups excluding carboxylic acids is 1. The van der Waals surface area contributed by atoms with Crippen LogP contribution in [0.15, 0.2) is 35.9 Å². The molecule has 0 aromatic heterocycles. The van der Waals surface area contributed by atoms with Gasteiger partial charge in [0.25, 0.3) is 0 Å². The van der Waals surface area contributed by atoms with Gasteiger partial charge >= 0.3 is 5.97 Å². The molecule has 0 unspecified atom stereocenters. The van der Waals surface area contributed by atoms with Crippen LogP contribution in [0.5, 0.6) is 0 Å². The van der Waals surface area contributed by atoms with Crippen LogP contribution in [0, 0.1) is 0 Å². The molecule has 21 heavy (non-hydrogen) atoms. The first-order valence-corrected chi connectivity index (χ1v) is 8.12. The highest BCUT2D eigenvalue weighted by atomic mass is 16.5. The summed E-state index contributed by atoms with van der Waals surface area (Å²) in [4.78, 5) is 11.8. The molecule has 0 aliphatic carbocycles. The van der Waals surface area contributed by atoms with Gasteiger partial charge in [-0.05, 0) is 24.5 Å². The molecule has 0 radical (unpaired) electrons. The van der Waals surface area contributed by atoms with Gasteiger partial charge in [0.1, 0.15) is 0 Å². The van der Waals surface area contributed by atoms with Crippen molar-refractivity contribution in [2.24, 2.45) is 0 Å². The SMILES string of the molecule is CCCCCCCCCC(=Cc1ccccc1)C(=O)OC. The van der Waals surface area contributed by atoms with E-state index < -0.39 is 0 Å². The Morgan fingerprint density at radius 1 is 1.00 bits per heavy atom. The number of methoxy groups -OCH3 is 1. The maximum atomic E-state index is 11.8. The van der Waals surface area contributed by atoms with E-state index in [-0.39, 0.29) is 5.97 Å². The van der Waals surface area contributed by atoms with Crippen LogP contribution in [0.4, 0.5) is 0 Å². The summed E-state index contributed by atoms with van der Waals surface area (Å²) in [5.74, 6) is -0.204. The molecule has 0 heterocycles. The van der Waals surface area contributed by atoms with Gasteiger partial charge in [0.15, 0.2) is 0 Å². The van der Waals surface area contributed by atoms with Crippen molar-refractivity contribution in [1.82, 2.24) is 0 Å². The molecule has 1 aromatic rings. The third-order valence-electron chi connectivity index (χ3n) is 3.64. The van der Waals surface area contributed by atoms with Gasteiger partial charge in [-0.25, -0.2) is 4.79 Å². The van der Waals surface area contributed by atoms with Gasteiger partial charge in [-0.1, -0.05) is 75.8 Å². The predicted octanol–water partition coefficient (Wildman–Crippen LogP) is 5.38. The largest absolute Gasteiger partial charge is 0.466 e. The number of rotatable bonds is 10. The summed E-state index contributed by atoms with van der Waals surface area (Å²) in [6.45, 7) is 2.23. The normalized spacial score (nSPS) is 11.4. The second-order valence-electron chi connectivity index (χ2n) is 5.44. The standard InChI is InChI=1S/C19H28O2/c1-3-4-5-6-7-8-12-15-18(19(20)21-2)16-17-13-10-9-11-14-17/h9-11,13-14,16H,3-8,12,15H2,1-2H3. The van der Waals surface area contributed by atoms with E-state index in [0.29, 0.717) is 0 Å². The molecule has 1 aromatic carbocycles. The Hall–Kier alpha value is -1.57. The van der Waals surface area contributed by atoms with Crippen molar-refractivity contribution in [1.29, 1.82) is 0 Å². The smallest absolute Gasteiger partial charge is 0.333 e. The summed E-state index contributed by atoms with van der Waals surface area (Å²) < 4.78 is 4.89. The lowest BCUT2D eigenvalue weighted by molar-refractivity contribution is -0.136. The topological polar surface area (TPSA) is 26.3 Å². The molecule has 0 fully saturated rings. The van der Waals surface area contributed by atoms with Crippen molar-refractivity contribution in [3.05, 3.63) is 41.5 Å². The molecule has 1 rings (SSSR count). The lowest BCUT2D eigenvalue weighted by atomic mass is 10.0. The Morgan fingerprint density at radius 3 is 2.24 bits per heavy atom. The molecule has 0 spiro atoms. The molecule has 0 aliphatic heterocycles. The summed E-state index contributed by atoms with van der Waals surface area (Å²) in [6.07, 6.45) is 11.5. The maximum absolute atomic E-state index is 11.8. The number of hydrogen-bond acceptors (Lipinski definition) is 2. The van der Waals surface area contributed by atoms with Crippen molar-refractivity contribution in [2.45, 2.75) is 58.3 Å². The second-order valence-corrected chi connectivity index (χ2v) is 5.44. The first-order chi connectivity index (χ1) is 10.3. The van der Waals surface area contributed by atoms with E-state index in [1.165, 1.54) is 45.6 Å². The van der Waals surface area contributed by atoms with E-state index in [9.17, 15) is 4.79 Å². The van der Waals surface area contributed by atoms with Crippen LogP contribution in [0.2, 0.25) is 0 Å². The van der Waals surface area contributed by atoms with E-state index in [1.54, 1.807) is 0 Å². The van der Waals surface area contributed by atoms with Crippen molar-refractivity contribution >= 4 is 12.0 Å². The molecular weight excluding hydrogens is 260 g/mol. The molecule has 2 heteroatoms. The molecule has 0 saturated heterocycles. The van der Waals surface area contributed by atoms with Gasteiger partial charge in [0.2, 0.25) is 0 Å². The molecule has 0 bridgehead atoms. The summed E-state index contributed by atoms with van der Waals surface area (Å²) in [7, 11) is 1.45. The third-order valence-corrected chi connectivity index (χ3v) is 3.64. The monoisotopic (exact) mass is 288 g/mol. The zero-order chi connectivity index (χ0) is 15.3. The first kappa shape index (κ1) is 17.5. The maximum Gasteiger partial charge on any atom is 0.333 e. The minimum Gasteiger partial charge on any atom is -0.466 e. The third kappa shape index (κ3) is 7.69. The molecule has 0 saturated carbocycles. The summed E-state index contributed by atoms with van der Waals surface area (Å²) in [6, 6.07) is 9.95. The van der Waals surface area contributed by atoms with E-state index in [2.05, 4.69) is 6.92 Å². The fourth-order valence-corrected chi connectivity index (χ4v) is 2.39. The highest BCUT2D eigenvalue weighted by molar-refractivity contribution is 5.93. The number of esters is 1. The number of ether oxygens (including phenoxy) is 1. The van der Waals surface area contributed by atoms with E-state index in [1.807, 2.05) is 36.4 Å². The van der Waals surface area contributed by atoms with Crippen molar-refractivity contribution in [2.75, 3.05) is 7.11 Å². The van der Waals surface area contributed by atoms with Crippen LogP contribution >= 0.6 is 0 Å². The van der Waals surface area contributed by atoms with Crippen molar-refractivity contribution < 1.29 is 9.53 Å². The van der Waals surface area contributed by atoms with Crippen LogP contribution in [0.3, 0.4) is 0 Å². The van der Waals surface area contributed by atoms with Gasteiger partial charge in [-0.15, -0.1) is 0 Å². The average Bonchev–Trinajstić information content (AvgIpc) is 2.53. The van der Waals surface area contributed by atoms with Crippen molar-refractivity contribution in [3.63, 3.8) is 0 Å². The molecule has 2 nitrogen and oxygen atoms in total.